The molecule has 1 unspecified atom stereocenters. The smallest absolute Gasteiger partial charge is 0.244 e. The molecule has 1 aromatic heterocycles. The highest BCUT2D eigenvalue weighted by Crippen LogP contribution is 2.24. The minimum atomic E-state index is -0.392. The molecule has 148 valence electrons. The van der Waals surface area contributed by atoms with Crippen LogP contribution in [0, 0.1) is 5.82 Å². The van der Waals surface area contributed by atoms with E-state index in [0.29, 0.717) is 23.0 Å². The van der Waals surface area contributed by atoms with Gasteiger partial charge in [-0.3, -0.25) is 9.48 Å². The largest absolute Gasteiger partial charge is 0.337 e. The van der Waals surface area contributed by atoms with E-state index in [1.54, 1.807) is 27.9 Å². The van der Waals surface area contributed by atoms with Gasteiger partial charge in [0.15, 0.2) is 0 Å². The Morgan fingerprint density at radius 3 is 2.93 bits per heavy atom. The Morgan fingerprint density at radius 1 is 1.44 bits per heavy atom. The van der Waals surface area contributed by atoms with Crippen molar-refractivity contribution in [2.24, 2.45) is 0 Å². The lowest BCUT2D eigenvalue weighted by Gasteiger charge is -2.25. The summed E-state index contributed by atoms with van der Waals surface area (Å²) < 4.78 is 15.8. The van der Waals surface area contributed by atoms with Gasteiger partial charge in [0.25, 0.3) is 0 Å². The van der Waals surface area contributed by atoms with Crippen LogP contribution in [-0.2, 0) is 17.9 Å². The number of likely N-dealkylation sites (N-methyl/N-ethyl adjacent to an activating group) is 1. The summed E-state index contributed by atoms with van der Waals surface area (Å²) in [7, 11) is 0. The van der Waals surface area contributed by atoms with Gasteiger partial charge in [-0.05, 0) is 44.5 Å². The second-order valence-electron chi connectivity index (χ2n) is 6.57. The summed E-state index contributed by atoms with van der Waals surface area (Å²) in [6.45, 7) is 4.60. The molecule has 1 aromatic carbocycles. The second kappa shape index (κ2) is 10.1. The number of carbonyl (C=O) groups is 1. The van der Waals surface area contributed by atoms with Crippen molar-refractivity contribution in [1.82, 2.24) is 20.0 Å². The van der Waals surface area contributed by atoms with Crippen molar-refractivity contribution < 1.29 is 9.18 Å². The second-order valence-corrected chi connectivity index (χ2v) is 6.97. The highest BCUT2D eigenvalue weighted by Gasteiger charge is 2.22. The van der Waals surface area contributed by atoms with Gasteiger partial charge in [0.1, 0.15) is 12.4 Å². The number of aromatic nitrogens is 2. The van der Waals surface area contributed by atoms with E-state index in [1.807, 2.05) is 13.0 Å². The third kappa shape index (κ3) is 5.21. The Balaban J connectivity index is 0.00000261. The number of rotatable bonds is 6. The molecule has 5 nitrogen and oxygen atoms in total. The van der Waals surface area contributed by atoms with Gasteiger partial charge in [-0.2, -0.15) is 5.10 Å². The molecule has 8 heteroatoms. The molecule has 2 heterocycles. The molecule has 2 aromatic rings. The average Bonchev–Trinajstić information content (AvgIpc) is 3.10. The van der Waals surface area contributed by atoms with Gasteiger partial charge in [0.05, 0.1) is 6.54 Å². The lowest BCUT2D eigenvalue weighted by molar-refractivity contribution is -0.132. The van der Waals surface area contributed by atoms with Gasteiger partial charge in [-0.1, -0.05) is 17.7 Å². The van der Waals surface area contributed by atoms with E-state index in [4.69, 9.17) is 11.6 Å². The van der Waals surface area contributed by atoms with Crippen LogP contribution in [0.2, 0.25) is 5.02 Å². The first-order chi connectivity index (χ1) is 12.6. The Labute approximate surface area is 170 Å². The molecule has 3 rings (SSSR count). The molecule has 1 saturated heterocycles. The monoisotopic (exact) mass is 414 g/mol. The number of hydrogen-bond acceptors (Lipinski definition) is 3. The first-order valence-corrected chi connectivity index (χ1v) is 9.41. The molecule has 1 N–H and O–H groups in total. The number of hydrogen-bond donors (Lipinski definition) is 1. The van der Waals surface area contributed by atoms with Crippen molar-refractivity contribution in [3.8, 4) is 0 Å². The van der Waals surface area contributed by atoms with Crippen molar-refractivity contribution >= 4 is 29.9 Å². The van der Waals surface area contributed by atoms with Gasteiger partial charge in [0, 0.05) is 41.5 Å². The summed E-state index contributed by atoms with van der Waals surface area (Å²) in [4.78, 5) is 14.4. The Hall–Kier alpha value is -1.63. The molecule has 1 aliphatic rings. The van der Waals surface area contributed by atoms with Gasteiger partial charge in [-0.15, -0.1) is 12.4 Å². The summed E-state index contributed by atoms with van der Waals surface area (Å²) >= 11 is 6.10. The molecule has 0 aliphatic carbocycles. The van der Waals surface area contributed by atoms with Crippen molar-refractivity contribution in [2.45, 2.75) is 38.8 Å². The maximum Gasteiger partial charge on any atom is 0.244 e. The molecule has 0 spiro atoms. The molecule has 1 fully saturated rings. The normalized spacial score (nSPS) is 16.6. The number of halogens is 3. The fraction of sp³-hybridized carbons (Fsp3) is 0.474. The fourth-order valence-corrected chi connectivity index (χ4v) is 3.63. The van der Waals surface area contributed by atoms with Crippen LogP contribution in [0.4, 0.5) is 4.39 Å². The zero-order valence-electron chi connectivity index (χ0n) is 15.3. The average molecular weight is 415 g/mol. The third-order valence-electron chi connectivity index (χ3n) is 4.89. The van der Waals surface area contributed by atoms with Gasteiger partial charge in [0.2, 0.25) is 5.91 Å². The van der Waals surface area contributed by atoms with E-state index in [1.165, 1.54) is 6.07 Å². The summed E-state index contributed by atoms with van der Waals surface area (Å²) in [5, 5.41) is 8.06. The topological polar surface area (TPSA) is 50.2 Å². The molecule has 1 amide bonds. The van der Waals surface area contributed by atoms with Crippen LogP contribution in [0.25, 0.3) is 0 Å². The first kappa shape index (κ1) is 21.7. The van der Waals surface area contributed by atoms with Crippen LogP contribution in [-0.4, -0.2) is 40.2 Å². The van der Waals surface area contributed by atoms with Crippen LogP contribution in [0.15, 0.2) is 30.5 Å². The molecule has 27 heavy (non-hydrogen) atoms. The maximum absolute atomic E-state index is 14.0. The minimum Gasteiger partial charge on any atom is -0.337 e. The van der Waals surface area contributed by atoms with E-state index < -0.39 is 5.82 Å². The minimum absolute atomic E-state index is 0. The SMILES string of the molecule is CCN(Cc1c(F)cccc1Cl)C(=O)Cn1nccc1C1CCCNC1.Cl. The van der Waals surface area contributed by atoms with Crippen molar-refractivity contribution in [1.29, 1.82) is 0 Å². The molecular formula is C19H25Cl2FN4O. The number of nitrogens with one attached hydrogen (secondary N) is 1. The molecule has 0 radical (unpaired) electrons. The molecule has 1 aliphatic heterocycles. The zero-order valence-corrected chi connectivity index (χ0v) is 16.9. The molecule has 1 atom stereocenters. The molecular weight excluding hydrogens is 390 g/mol. The highest BCUT2D eigenvalue weighted by atomic mass is 35.5. The van der Waals surface area contributed by atoms with Crippen LogP contribution in [0.1, 0.15) is 36.9 Å². The first-order valence-electron chi connectivity index (χ1n) is 9.03. The number of piperidine rings is 1. The summed E-state index contributed by atoms with van der Waals surface area (Å²) in [5.41, 5.74) is 1.42. The van der Waals surface area contributed by atoms with Crippen LogP contribution in [0.3, 0.4) is 0 Å². The van der Waals surface area contributed by atoms with E-state index in [9.17, 15) is 9.18 Å². The lowest BCUT2D eigenvalue weighted by atomic mass is 9.96. The van der Waals surface area contributed by atoms with Crippen molar-refractivity contribution in [3.63, 3.8) is 0 Å². The molecule has 0 saturated carbocycles. The quantitative estimate of drug-likeness (QED) is 0.784. The fourth-order valence-electron chi connectivity index (χ4n) is 3.40. The predicted molar refractivity (Wildman–Crippen MR) is 107 cm³/mol. The number of nitrogens with zero attached hydrogens (tertiary/aromatic N) is 3. The van der Waals surface area contributed by atoms with E-state index in [-0.39, 0.29) is 31.4 Å². The Morgan fingerprint density at radius 2 is 2.26 bits per heavy atom. The lowest BCUT2D eigenvalue weighted by Crippen LogP contribution is -2.35. The highest BCUT2D eigenvalue weighted by molar-refractivity contribution is 6.31. The molecule has 0 bridgehead atoms. The van der Waals surface area contributed by atoms with Crippen LogP contribution >= 0.6 is 24.0 Å². The summed E-state index contributed by atoms with van der Waals surface area (Å²) in [6.07, 6.45) is 3.95. The van der Waals surface area contributed by atoms with E-state index in [2.05, 4.69) is 10.4 Å². The predicted octanol–water partition coefficient (Wildman–Crippen LogP) is 3.61. The van der Waals surface area contributed by atoms with Gasteiger partial charge in [-0.25, -0.2) is 4.39 Å². The van der Waals surface area contributed by atoms with Gasteiger partial charge < -0.3 is 10.2 Å². The zero-order chi connectivity index (χ0) is 18.5. The summed E-state index contributed by atoms with van der Waals surface area (Å²) in [5.74, 6) is -0.118. The van der Waals surface area contributed by atoms with Crippen molar-refractivity contribution in [3.05, 3.63) is 52.6 Å². The van der Waals surface area contributed by atoms with E-state index >= 15 is 0 Å². The Bertz CT molecular complexity index is 742. The van der Waals surface area contributed by atoms with Crippen molar-refractivity contribution in [2.75, 3.05) is 19.6 Å². The third-order valence-corrected chi connectivity index (χ3v) is 5.25. The number of carbonyl (C=O) groups excluding carboxylic acids is 1. The van der Waals surface area contributed by atoms with Crippen LogP contribution < -0.4 is 5.32 Å². The maximum atomic E-state index is 14.0. The summed E-state index contributed by atoms with van der Waals surface area (Å²) in [6, 6.07) is 6.55. The Kier molecular flexibility index (Phi) is 8.07. The standard InChI is InChI=1S/C19H24ClFN4O.ClH/c1-2-24(12-15-16(20)6-3-7-17(15)21)19(26)13-25-18(8-10-23-25)14-5-4-9-22-11-14;/h3,6-8,10,14,22H,2,4-5,9,11-13H2,1H3;1H. The number of benzene rings is 1. The number of amides is 1. The van der Waals surface area contributed by atoms with E-state index in [0.717, 1.165) is 31.6 Å². The van der Waals surface area contributed by atoms with Gasteiger partial charge >= 0.3 is 0 Å². The van der Waals surface area contributed by atoms with Crippen LogP contribution in [0.5, 0.6) is 0 Å².